The van der Waals surface area contributed by atoms with Gasteiger partial charge in [0.1, 0.15) is 12.1 Å². The summed E-state index contributed by atoms with van der Waals surface area (Å²) in [5.74, 6) is 1.00. The molecule has 0 fully saturated rings. The van der Waals surface area contributed by atoms with Crippen molar-refractivity contribution < 1.29 is 13.2 Å². The van der Waals surface area contributed by atoms with Gasteiger partial charge in [0.2, 0.25) is 4.73 Å². The van der Waals surface area contributed by atoms with Crippen LogP contribution in [-0.4, -0.2) is 41.7 Å². The van der Waals surface area contributed by atoms with E-state index in [2.05, 4.69) is 45.9 Å². The van der Waals surface area contributed by atoms with Crippen LogP contribution in [0.1, 0.15) is 24.4 Å². The average Bonchev–Trinajstić information content (AvgIpc) is 3.13. The second-order valence-electron chi connectivity index (χ2n) is 6.53. The molecule has 1 unspecified atom stereocenters. The Morgan fingerprint density at radius 1 is 1.13 bits per heavy atom. The van der Waals surface area contributed by atoms with Gasteiger partial charge in [-0.05, 0) is 41.1 Å². The maximum absolute atomic E-state index is 13.5. The zero-order chi connectivity index (χ0) is 22.3. The van der Waals surface area contributed by atoms with Crippen molar-refractivity contribution in [3.05, 3.63) is 58.1 Å². The van der Waals surface area contributed by atoms with Gasteiger partial charge in [-0.1, -0.05) is 11.6 Å². The van der Waals surface area contributed by atoms with Gasteiger partial charge in [0.15, 0.2) is 5.82 Å². The van der Waals surface area contributed by atoms with E-state index >= 15 is 0 Å². The Morgan fingerprint density at radius 3 is 2.52 bits per heavy atom. The number of alkyl halides is 3. The van der Waals surface area contributed by atoms with Crippen LogP contribution in [0.2, 0.25) is 5.02 Å². The van der Waals surface area contributed by atoms with Gasteiger partial charge in [0.25, 0.3) is 5.95 Å². The molecule has 3 aromatic heterocycles. The lowest BCUT2D eigenvalue weighted by molar-refractivity contribution is -0.136. The number of aromatic nitrogens is 7. The summed E-state index contributed by atoms with van der Waals surface area (Å²) in [4.78, 5) is 22.5. The molecular formula is C18H13BrClF3N8. The minimum absolute atomic E-state index is 0.0690. The second-order valence-corrected chi connectivity index (χ2v) is 7.68. The van der Waals surface area contributed by atoms with Crippen molar-refractivity contribution in [1.82, 2.24) is 34.7 Å². The van der Waals surface area contributed by atoms with E-state index in [0.717, 1.165) is 12.4 Å². The molecule has 0 aliphatic carbocycles. The van der Waals surface area contributed by atoms with Crippen LogP contribution in [-0.2, 0) is 6.18 Å². The smallest absolute Gasteiger partial charge is 0.349 e. The summed E-state index contributed by atoms with van der Waals surface area (Å²) < 4.78 is 42.3. The first kappa shape index (κ1) is 21.4. The molecule has 4 rings (SSSR count). The monoisotopic (exact) mass is 512 g/mol. The highest BCUT2D eigenvalue weighted by Crippen LogP contribution is 2.39. The molecule has 0 amide bonds. The predicted molar refractivity (Wildman–Crippen MR) is 111 cm³/mol. The van der Waals surface area contributed by atoms with Crippen LogP contribution >= 0.6 is 27.5 Å². The minimum atomic E-state index is -4.62. The topological polar surface area (TPSA) is 85.5 Å². The zero-order valence-electron chi connectivity index (χ0n) is 16.0. The zero-order valence-corrected chi connectivity index (χ0v) is 18.4. The predicted octanol–water partition coefficient (Wildman–Crippen LogP) is 4.63. The van der Waals surface area contributed by atoms with Gasteiger partial charge in [-0.25, -0.2) is 24.9 Å². The lowest BCUT2D eigenvalue weighted by Crippen LogP contribution is -2.26. The van der Waals surface area contributed by atoms with E-state index < -0.39 is 17.8 Å². The van der Waals surface area contributed by atoms with Crippen molar-refractivity contribution in [2.24, 2.45) is 0 Å². The Balaban J connectivity index is 1.83. The lowest BCUT2D eigenvalue weighted by atomic mass is 10.1. The summed E-state index contributed by atoms with van der Waals surface area (Å²) in [5, 5.41) is 4.36. The van der Waals surface area contributed by atoms with Crippen LogP contribution in [0.25, 0.3) is 16.9 Å². The van der Waals surface area contributed by atoms with Gasteiger partial charge in [-0.3, -0.25) is 0 Å². The minimum Gasteiger partial charge on any atom is -0.349 e. The molecule has 0 spiro atoms. The van der Waals surface area contributed by atoms with Gasteiger partial charge < -0.3 is 4.90 Å². The van der Waals surface area contributed by atoms with Crippen LogP contribution in [0, 0.1) is 0 Å². The molecule has 0 bridgehead atoms. The van der Waals surface area contributed by atoms with Gasteiger partial charge in [-0.15, -0.1) is 5.10 Å². The molecule has 3 heterocycles. The van der Waals surface area contributed by atoms with Crippen molar-refractivity contribution in [1.29, 1.82) is 0 Å². The van der Waals surface area contributed by atoms with E-state index in [4.69, 9.17) is 11.6 Å². The summed E-state index contributed by atoms with van der Waals surface area (Å²) in [6.45, 7) is 1.80. The van der Waals surface area contributed by atoms with Crippen LogP contribution in [0.5, 0.6) is 0 Å². The second kappa shape index (κ2) is 8.00. The SMILES string of the molecule is CC(c1nc(Br)nn1-c1ncccn1)N(C)c1ncnc2c(C(F)(F)F)cc(Cl)cc12. The number of halogens is 5. The van der Waals surface area contributed by atoms with Gasteiger partial charge in [-0.2, -0.15) is 17.9 Å². The largest absolute Gasteiger partial charge is 0.418 e. The number of benzene rings is 1. The highest BCUT2D eigenvalue weighted by Gasteiger charge is 2.35. The van der Waals surface area contributed by atoms with E-state index in [1.165, 1.54) is 10.7 Å². The molecule has 0 N–H and O–H groups in total. The Labute approximate surface area is 187 Å². The summed E-state index contributed by atoms with van der Waals surface area (Å²) in [6, 6.07) is 3.45. The molecule has 1 atom stereocenters. The molecule has 0 saturated heterocycles. The van der Waals surface area contributed by atoms with Crippen molar-refractivity contribution in [2.45, 2.75) is 19.1 Å². The molecule has 8 nitrogen and oxygen atoms in total. The summed E-state index contributed by atoms with van der Waals surface area (Å²) in [6.07, 6.45) is -0.400. The first-order valence-corrected chi connectivity index (χ1v) is 9.98. The molecule has 1 aromatic carbocycles. The van der Waals surface area contributed by atoms with Crippen LogP contribution < -0.4 is 4.90 Å². The molecule has 0 aliphatic rings. The van der Waals surface area contributed by atoms with Crippen molar-refractivity contribution >= 4 is 44.3 Å². The Bertz CT molecular complexity index is 1250. The van der Waals surface area contributed by atoms with Gasteiger partial charge in [0.05, 0.1) is 17.1 Å². The fourth-order valence-electron chi connectivity index (χ4n) is 3.09. The number of anilines is 1. The normalized spacial score (nSPS) is 12.9. The summed E-state index contributed by atoms with van der Waals surface area (Å²) >= 11 is 9.24. The highest BCUT2D eigenvalue weighted by molar-refractivity contribution is 9.10. The van der Waals surface area contributed by atoms with E-state index in [-0.39, 0.29) is 21.7 Å². The fourth-order valence-corrected chi connectivity index (χ4v) is 3.65. The number of fused-ring (bicyclic) bond motifs is 1. The summed E-state index contributed by atoms with van der Waals surface area (Å²) in [5.41, 5.74) is -1.17. The number of nitrogens with zero attached hydrogens (tertiary/aromatic N) is 8. The summed E-state index contributed by atoms with van der Waals surface area (Å²) in [7, 11) is 1.68. The van der Waals surface area contributed by atoms with Gasteiger partial charge in [0, 0.05) is 29.9 Å². The lowest BCUT2D eigenvalue weighted by Gasteiger charge is -2.26. The third-order valence-corrected chi connectivity index (χ3v) is 5.18. The number of rotatable bonds is 4. The fraction of sp³-hybridized carbons (Fsp3) is 0.222. The van der Waals surface area contributed by atoms with E-state index in [9.17, 15) is 13.2 Å². The maximum Gasteiger partial charge on any atom is 0.418 e. The molecule has 4 aromatic rings. The average molecular weight is 514 g/mol. The standard InChI is InChI=1S/C18H13BrClF3N8/c1-9(14-28-16(19)29-31(14)17-24-4-3-5-25-17)30(2)15-11-6-10(20)7-12(18(21,22)23)13(11)26-8-27-15/h3-9H,1-2H3. The van der Waals surface area contributed by atoms with Crippen molar-refractivity contribution in [3.8, 4) is 5.95 Å². The Morgan fingerprint density at radius 2 is 1.84 bits per heavy atom. The van der Waals surface area contributed by atoms with Crippen molar-refractivity contribution in [2.75, 3.05) is 11.9 Å². The molecule has 0 aliphatic heterocycles. The van der Waals surface area contributed by atoms with E-state index in [1.807, 2.05) is 0 Å². The third-order valence-electron chi connectivity index (χ3n) is 4.62. The van der Waals surface area contributed by atoms with Gasteiger partial charge >= 0.3 is 6.18 Å². The quantitative estimate of drug-likeness (QED) is 0.393. The maximum atomic E-state index is 13.5. The number of hydrogen-bond donors (Lipinski definition) is 0. The number of hydrogen-bond acceptors (Lipinski definition) is 7. The molecule has 31 heavy (non-hydrogen) atoms. The molecule has 13 heteroatoms. The van der Waals surface area contributed by atoms with Crippen LogP contribution in [0.15, 0.2) is 41.7 Å². The van der Waals surface area contributed by atoms with Crippen LogP contribution in [0.4, 0.5) is 19.0 Å². The third kappa shape index (κ3) is 4.04. The molecule has 160 valence electrons. The Hall–Kier alpha value is -2.86. The Kier molecular flexibility index (Phi) is 5.52. The van der Waals surface area contributed by atoms with E-state index in [1.54, 1.807) is 37.3 Å². The first-order valence-electron chi connectivity index (χ1n) is 8.81. The van der Waals surface area contributed by atoms with Crippen molar-refractivity contribution in [3.63, 3.8) is 0 Å². The van der Waals surface area contributed by atoms with E-state index in [0.29, 0.717) is 16.5 Å². The van der Waals surface area contributed by atoms with Crippen LogP contribution in [0.3, 0.4) is 0 Å². The highest BCUT2D eigenvalue weighted by atomic mass is 79.9. The molecular weight excluding hydrogens is 501 g/mol. The molecule has 0 saturated carbocycles. The molecule has 0 radical (unpaired) electrons. The first-order chi connectivity index (χ1) is 14.7.